The van der Waals surface area contributed by atoms with Crippen LogP contribution in [0.1, 0.15) is 29.3 Å². The molecule has 0 bridgehead atoms. The van der Waals surface area contributed by atoms with Gasteiger partial charge in [-0.05, 0) is 25.1 Å². The fourth-order valence-corrected chi connectivity index (χ4v) is 1.59. The second-order valence-corrected chi connectivity index (χ2v) is 4.39. The van der Waals surface area contributed by atoms with Crippen molar-refractivity contribution >= 4 is 5.91 Å². The Bertz CT molecular complexity index is 521. The molecule has 0 aliphatic carbocycles. The number of carbonyl (C=O) groups excluding carboxylic acids is 1. The Balaban J connectivity index is 2.89. The van der Waals surface area contributed by atoms with Gasteiger partial charge in [0.05, 0.1) is 12.0 Å². The zero-order valence-electron chi connectivity index (χ0n) is 10.6. The fourth-order valence-electron chi connectivity index (χ4n) is 1.59. The van der Waals surface area contributed by atoms with Crippen molar-refractivity contribution in [1.82, 2.24) is 5.32 Å². The molecular weight excluding hydrogens is 307 g/mol. The Morgan fingerprint density at radius 1 is 1.19 bits per heavy atom. The number of hydrogen-bond donors (Lipinski definition) is 1. The van der Waals surface area contributed by atoms with Crippen molar-refractivity contribution in [3.05, 3.63) is 35.1 Å². The molecule has 0 spiro atoms. The summed E-state index contributed by atoms with van der Waals surface area (Å²) in [4.78, 5) is 11.6. The highest BCUT2D eigenvalue weighted by Gasteiger charge is 2.35. The highest BCUT2D eigenvalue weighted by Crippen LogP contribution is 2.32. The van der Waals surface area contributed by atoms with E-state index in [-0.39, 0.29) is 6.07 Å². The minimum Gasteiger partial charge on any atom is -0.349 e. The summed E-state index contributed by atoms with van der Waals surface area (Å²) in [5.74, 6) is -2.71. The first-order valence-electron chi connectivity index (χ1n) is 5.64. The van der Waals surface area contributed by atoms with Crippen LogP contribution in [0.3, 0.4) is 0 Å². The first kappa shape index (κ1) is 17.3. The van der Waals surface area contributed by atoms with Gasteiger partial charge >= 0.3 is 12.4 Å². The van der Waals surface area contributed by atoms with Gasteiger partial charge in [-0.25, -0.2) is 4.39 Å². The monoisotopic (exact) mass is 317 g/mol. The molecular formula is C12H10F7NO. The standard InChI is InChI=1S/C12H10F7NO/c1-6(5-11(14,15)16)20-10(21)7-2-3-9(13)8(4-7)12(17,18)19/h2-4,6H,5H2,1H3,(H,20,21). The van der Waals surface area contributed by atoms with Gasteiger partial charge in [-0.1, -0.05) is 0 Å². The molecule has 1 aromatic rings. The lowest BCUT2D eigenvalue weighted by atomic mass is 10.1. The van der Waals surface area contributed by atoms with Gasteiger partial charge in [0, 0.05) is 11.6 Å². The quantitative estimate of drug-likeness (QED) is 0.841. The molecule has 21 heavy (non-hydrogen) atoms. The van der Waals surface area contributed by atoms with Crippen LogP contribution >= 0.6 is 0 Å². The number of nitrogens with one attached hydrogen (secondary N) is 1. The van der Waals surface area contributed by atoms with Gasteiger partial charge in [-0.3, -0.25) is 4.79 Å². The van der Waals surface area contributed by atoms with Crippen molar-refractivity contribution in [2.45, 2.75) is 31.7 Å². The Kier molecular flexibility index (Phi) is 4.85. The SMILES string of the molecule is CC(CC(F)(F)F)NC(=O)c1ccc(F)c(C(F)(F)F)c1. The molecule has 1 unspecified atom stereocenters. The van der Waals surface area contributed by atoms with Crippen LogP contribution in [0.25, 0.3) is 0 Å². The summed E-state index contributed by atoms with van der Waals surface area (Å²) in [6.45, 7) is 1.06. The van der Waals surface area contributed by atoms with Crippen LogP contribution in [0.4, 0.5) is 30.7 Å². The Morgan fingerprint density at radius 3 is 2.24 bits per heavy atom. The van der Waals surface area contributed by atoms with Gasteiger partial charge in [0.25, 0.3) is 5.91 Å². The van der Waals surface area contributed by atoms with E-state index in [1.54, 1.807) is 0 Å². The van der Waals surface area contributed by atoms with Crippen LogP contribution in [0, 0.1) is 5.82 Å². The number of carbonyl (C=O) groups is 1. The molecule has 0 aliphatic heterocycles. The van der Waals surface area contributed by atoms with Gasteiger partial charge < -0.3 is 5.32 Å². The lowest BCUT2D eigenvalue weighted by molar-refractivity contribution is -0.140. The molecule has 0 fully saturated rings. The molecule has 1 N–H and O–H groups in total. The summed E-state index contributed by atoms with van der Waals surface area (Å²) in [5.41, 5.74) is -2.23. The van der Waals surface area contributed by atoms with Crippen molar-refractivity contribution in [2.24, 2.45) is 0 Å². The minimum absolute atomic E-state index is 0.255. The summed E-state index contributed by atoms with van der Waals surface area (Å²) in [5, 5.41) is 1.90. The van der Waals surface area contributed by atoms with E-state index in [0.717, 1.165) is 13.0 Å². The van der Waals surface area contributed by atoms with Crippen LogP contribution in [-0.4, -0.2) is 18.1 Å². The van der Waals surface area contributed by atoms with Crippen LogP contribution in [0.15, 0.2) is 18.2 Å². The van der Waals surface area contributed by atoms with E-state index in [2.05, 4.69) is 0 Å². The zero-order valence-corrected chi connectivity index (χ0v) is 10.6. The summed E-state index contributed by atoms with van der Waals surface area (Å²) < 4.78 is 86.6. The molecule has 9 heteroatoms. The van der Waals surface area contributed by atoms with Gasteiger partial charge in [0.2, 0.25) is 0 Å². The van der Waals surface area contributed by atoms with Crippen LogP contribution in [0.5, 0.6) is 0 Å². The minimum atomic E-state index is -5.00. The number of halogens is 7. The molecule has 0 aliphatic rings. The van der Waals surface area contributed by atoms with Crippen molar-refractivity contribution < 1.29 is 35.5 Å². The Morgan fingerprint density at radius 2 is 1.76 bits per heavy atom. The summed E-state index contributed by atoms with van der Waals surface area (Å²) in [6.07, 6.45) is -10.9. The molecule has 1 atom stereocenters. The molecule has 0 saturated carbocycles. The molecule has 0 radical (unpaired) electrons. The van der Waals surface area contributed by atoms with Crippen LogP contribution < -0.4 is 5.32 Å². The van der Waals surface area contributed by atoms with Gasteiger partial charge in [-0.2, -0.15) is 26.3 Å². The third-order valence-corrected chi connectivity index (χ3v) is 2.45. The molecule has 1 aromatic carbocycles. The zero-order chi connectivity index (χ0) is 16.4. The molecule has 118 valence electrons. The maximum absolute atomic E-state index is 13.0. The third kappa shape index (κ3) is 5.24. The van der Waals surface area contributed by atoms with E-state index < -0.39 is 47.7 Å². The molecule has 0 saturated heterocycles. The first-order chi connectivity index (χ1) is 9.40. The predicted octanol–water partition coefficient (Wildman–Crippen LogP) is 3.92. The van der Waals surface area contributed by atoms with E-state index in [1.165, 1.54) is 0 Å². The Hall–Kier alpha value is -1.80. The number of hydrogen-bond acceptors (Lipinski definition) is 1. The molecule has 1 amide bonds. The van der Waals surface area contributed by atoms with E-state index in [9.17, 15) is 35.5 Å². The van der Waals surface area contributed by atoms with Crippen LogP contribution in [-0.2, 0) is 6.18 Å². The smallest absolute Gasteiger partial charge is 0.349 e. The third-order valence-electron chi connectivity index (χ3n) is 2.45. The normalized spacial score (nSPS) is 13.9. The van der Waals surface area contributed by atoms with Gasteiger partial charge in [0.1, 0.15) is 5.82 Å². The van der Waals surface area contributed by atoms with Crippen molar-refractivity contribution in [3.8, 4) is 0 Å². The summed E-state index contributed by atoms with van der Waals surface area (Å²) in [6, 6.07) is 0.133. The molecule has 0 aromatic heterocycles. The number of benzene rings is 1. The largest absolute Gasteiger partial charge is 0.419 e. The number of rotatable bonds is 3. The lowest BCUT2D eigenvalue weighted by Crippen LogP contribution is -2.36. The van der Waals surface area contributed by atoms with E-state index in [0.29, 0.717) is 6.07 Å². The highest BCUT2D eigenvalue weighted by molar-refractivity contribution is 5.94. The summed E-state index contributed by atoms with van der Waals surface area (Å²) in [7, 11) is 0. The number of amides is 1. The topological polar surface area (TPSA) is 29.1 Å². The van der Waals surface area contributed by atoms with E-state index in [4.69, 9.17) is 0 Å². The number of alkyl halides is 6. The Labute approximate surface area is 114 Å². The summed E-state index contributed by atoms with van der Waals surface area (Å²) >= 11 is 0. The van der Waals surface area contributed by atoms with Gasteiger partial charge in [-0.15, -0.1) is 0 Å². The average molecular weight is 317 g/mol. The fraction of sp³-hybridized carbons (Fsp3) is 0.417. The highest BCUT2D eigenvalue weighted by atomic mass is 19.4. The average Bonchev–Trinajstić information content (AvgIpc) is 2.24. The second-order valence-electron chi connectivity index (χ2n) is 4.39. The van der Waals surface area contributed by atoms with E-state index in [1.807, 2.05) is 5.32 Å². The maximum Gasteiger partial charge on any atom is 0.419 e. The molecule has 2 nitrogen and oxygen atoms in total. The maximum atomic E-state index is 13.0. The van der Waals surface area contributed by atoms with Crippen LogP contribution in [0.2, 0.25) is 0 Å². The van der Waals surface area contributed by atoms with Gasteiger partial charge in [0.15, 0.2) is 0 Å². The molecule has 0 heterocycles. The predicted molar refractivity (Wildman–Crippen MR) is 59.0 cm³/mol. The second kappa shape index (κ2) is 5.90. The lowest BCUT2D eigenvalue weighted by Gasteiger charge is -2.16. The van der Waals surface area contributed by atoms with Crippen molar-refractivity contribution in [3.63, 3.8) is 0 Å². The molecule has 1 rings (SSSR count). The van der Waals surface area contributed by atoms with Crippen molar-refractivity contribution in [1.29, 1.82) is 0 Å². The van der Waals surface area contributed by atoms with Crippen molar-refractivity contribution in [2.75, 3.05) is 0 Å². The van der Waals surface area contributed by atoms with E-state index >= 15 is 0 Å². The first-order valence-corrected chi connectivity index (χ1v) is 5.64.